The molecule has 0 bridgehead atoms. The number of carboxylic acid groups (broad SMARTS) is 1. The van der Waals surface area contributed by atoms with Gasteiger partial charge in [-0.1, -0.05) is 5.92 Å². The molecule has 0 spiro atoms. The van der Waals surface area contributed by atoms with E-state index in [0.29, 0.717) is 6.54 Å². The van der Waals surface area contributed by atoms with Crippen molar-refractivity contribution in [3.8, 4) is 12.3 Å². The predicted molar refractivity (Wildman–Crippen MR) is 76.3 cm³/mol. The van der Waals surface area contributed by atoms with Crippen LogP contribution in [0, 0.1) is 12.3 Å². The summed E-state index contributed by atoms with van der Waals surface area (Å²) < 4.78 is 0. The van der Waals surface area contributed by atoms with Gasteiger partial charge in [-0.2, -0.15) is 11.3 Å². The van der Waals surface area contributed by atoms with E-state index in [1.807, 2.05) is 16.8 Å². The molecule has 1 aliphatic rings. The predicted octanol–water partition coefficient (Wildman–Crippen LogP) is 1.85. The molecular formula is C14H16N2O3S. The molecule has 1 heterocycles. The van der Waals surface area contributed by atoms with Crippen molar-refractivity contribution in [2.45, 2.75) is 25.4 Å². The summed E-state index contributed by atoms with van der Waals surface area (Å²) in [7, 11) is 0. The molecule has 1 aromatic heterocycles. The van der Waals surface area contributed by atoms with Crippen molar-refractivity contribution in [2.24, 2.45) is 0 Å². The minimum atomic E-state index is -1.06. The molecular weight excluding hydrogens is 276 g/mol. The fourth-order valence-corrected chi connectivity index (χ4v) is 2.62. The molecule has 1 saturated carbocycles. The number of hydrogen-bond acceptors (Lipinski definition) is 3. The van der Waals surface area contributed by atoms with Crippen LogP contribution in [0.15, 0.2) is 16.8 Å². The summed E-state index contributed by atoms with van der Waals surface area (Å²) in [6.45, 7) is 0.154. The monoisotopic (exact) mass is 292 g/mol. The number of terminal acetylenes is 1. The molecule has 0 unspecified atom stereocenters. The Morgan fingerprint density at radius 3 is 2.75 bits per heavy atom. The average Bonchev–Trinajstić information content (AvgIpc) is 3.11. The van der Waals surface area contributed by atoms with Crippen LogP contribution < -0.4 is 0 Å². The summed E-state index contributed by atoms with van der Waals surface area (Å²) >= 11 is 1.58. The molecule has 5 nitrogen and oxygen atoms in total. The first-order chi connectivity index (χ1) is 9.61. The van der Waals surface area contributed by atoms with E-state index in [1.54, 1.807) is 16.2 Å². The summed E-state index contributed by atoms with van der Waals surface area (Å²) in [5, 5.41) is 12.8. The smallest absolute Gasteiger partial charge is 0.323 e. The fraction of sp³-hybridized carbons (Fsp3) is 0.429. The number of nitrogens with zero attached hydrogens (tertiary/aromatic N) is 2. The molecule has 1 fully saturated rings. The van der Waals surface area contributed by atoms with Gasteiger partial charge in [-0.25, -0.2) is 4.79 Å². The van der Waals surface area contributed by atoms with Crippen LogP contribution in [0.5, 0.6) is 0 Å². The van der Waals surface area contributed by atoms with Crippen molar-refractivity contribution >= 4 is 23.3 Å². The van der Waals surface area contributed by atoms with E-state index in [2.05, 4.69) is 5.92 Å². The zero-order valence-electron chi connectivity index (χ0n) is 11.0. The van der Waals surface area contributed by atoms with Crippen LogP contribution in [0.4, 0.5) is 4.79 Å². The Hall–Kier alpha value is -2.00. The zero-order chi connectivity index (χ0) is 14.5. The maximum absolute atomic E-state index is 12.5. The molecule has 0 radical (unpaired) electrons. The van der Waals surface area contributed by atoms with Gasteiger partial charge in [-0.05, 0) is 35.2 Å². The molecule has 1 aromatic rings. The number of carbonyl (C=O) groups excluding carboxylic acids is 1. The third-order valence-corrected chi connectivity index (χ3v) is 3.78. The van der Waals surface area contributed by atoms with Crippen molar-refractivity contribution in [3.63, 3.8) is 0 Å². The second-order valence-electron chi connectivity index (χ2n) is 4.73. The summed E-state index contributed by atoms with van der Waals surface area (Å²) in [6, 6.07) is 1.88. The zero-order valence-corrected chi connectivity index (χ0v) is 11.8. The van der Waals surface area contributed by atoms with E-state index in [1.165, 1.54) is 4.90 Å². The highest BCUT2D eigenvalue weighted by atomic mass is 32.1. The van der Waals surface area contributed by atoms with Gasteiger partial charge in [0, 0.05) is 12.6 Å². The van der Waals surface area contributed by atoms with Crippen LogP contribution in [-0.2, 0) is 11.3 Å². The van der Waals surface area contributed by atoms with Gasteiger partial charge in [0.1, 0.15) is 6.54 Å². The molecule has 1 N–H and O–H groups in total. The van der Waals surface area contributed by atoms with Crippen LogP contribution >= 0.6 is 11.3 Å². The molecule has 0 saturated heterocycles. The molecule has 106 valence electrons. The molecule has 2 amide bonds. The van der Waals surface area contributed by atoms with Gasteiger partial charge in [0.15, 0.2) is 0 Å². The third kappa shape index (κ3) is 3.75. The molecule has 0 atom stereocenters. The first-order valence-corrected chi connectivity index (χ1v) is 7.28. The maximum Gasteiger partial charge on any atom is 0.323 e. The average molecular weight is 292 g/mol. The van der Waals surface area contributed by atoms with Crippen molar-refractivity contribution < 1.29 is 14.7 Å². The number of aliphatic carboxylic acids is 1. The Morgan fingerprint density at radius 2 is 2.25 bits per heavy atom. The SMILES string of the molecule is C#CCN(CC(=O)O)C(=O)N(Cc1ccsc1)C1CC1. The van der Waals surface area contributed by atoms with E-state index in [9.17, 15) is 9.59 Å². The number of amides is 2. The third-order valence-electron chi connectivity index (χ3n) is 3.05. The Labute approximate surface area is 121 Å². The van der Waals surface area contributed by atoms with E-state index >= 15 is 0 Å². The highest BCUT2D eigenvalue weighted by Crippen LogP contribution is 2.29. The van der Waals surface area contributed by atoms with Gasteiger partial charge in [-0.3, -0.25) is 4.79 Å². The van der Waals surface area contributed by atoms with Crippen molar-refractivity contribution in [1.82, 2.24) is 9.80 Å². The number of carbonyl (C=O) groups is 2. The second kappa shape index (κ2) is 6.44. The van der Waals surface area contributed by atoms with Gasteiger partial charge in [0.05, 0.1) is 6.54 Å². The Bertz CT molecular complexity index is 517. The molecule has 1 aliphatic carbocycles. The summed E-state index contributed by atoms with van der Waals surface area (Å²) in [5.41, 5.74) is 1.06. The number of carboxylic acids is 1. The summed E-state index contributed by atoms with van der Waals surface area (Å²) in [6.07, 6.45) is 7.15. The second-order valence-corrected chi connectivity index (χ2v) is 5.51. The van der Waals surface area contributed by atoms with Crippen molar-refractivity contribution in [1.29, 1.82) is 0 Å². The Morgan fingerprint density at radius 1 is 1.50 bits per heavy atom. The van der Waals surface area contributed by atoms with Crippen LogP contribution in [0.1, 0.15) is 18.4 Å². The Balaban J connectivity index is 2.08. The summed E-state index contributed by atoms with van der Waals surface area (Å²) in [5.74, 6) is 1.29. The molecule has 6 heteroatoms. The van der Waals surface area contributed by atoms with Gasteiger partial charge < -0.3 is 14.9 Å². The molecule has 0 aromatic carbocycles. The lowest BCUT2D eigenvalue weighted by Crippen LogP contribution is -2.46. The quantitative estimate of drug-likeness (QED) is 0.814. The van der Waals surface area contributed by atoms with Crippen molar-refractivity contribution in [3.05, 3.63) is 22.4 Å². The van der Waals surface area contributed by atoms with E-state index < -0.39 is 5.97 Å². The number of hydrogen-bond donors (Lipinski definition) is 1. The van der Waals surface area contributed by atoms with Crippen molar-refractivity contribution in [2.75, 3.05) is 13.1 Å². The number of urea groups is 1. The standard InChI is InChI=1S/C14H16N2O3S/c1-2-6-15(9-13(17)18)14(19)16(12-3-4-12)8-11-5-7-20-10-11/h1,5,7,10,12H,3-4,6,8-9H2,(H,17,18). The number of rotatable bonds is 6. The molecule has 0 aliphatic heterocycles. The van der Waals surface area contributed by atoms with Crippen LogP contribution in [-0.4, -0.2) is 46.0 Å². The minimum absolute atomic E-state index is 0.0119. The van der Waals surface area contributed by atoms with E-state index in [-0.39, 0.29) is 25.2 Å². The Kier molecular flexibility index (Phi) is 4.64. The normalized spacial score (nSPS) is 13.6. The molecule has 2 rings (SSSR count). The lowest BCUT2D eigenvalue weighted by molar-refractivity contribution is -0.137. The fourth-order valence-electron chi connectivity index (χ4n) is 1.96. The molecule has 20 heavy (non-hydrogen) atoms. The largest absolute Gasteiger partial charge is 0.480 e. The van der Waals surface area contributed by atoms with Gasteiger partial charge in [-0.15, -0.1) is 6.42 Å². The van der Waals surface area contributed by atoms with Crippen LogP contribution in [0.3, 0.4) is 0 Å². The lowest BCUT2D eigenvalue weighted by Gasteiger charge is -2.28. The summed E-state index contributed by atoms with van der Waals surface area (Å²) in [4.78, 5) is 26.2. The van der Waals surface area contributed by atoms with Gasteiger partial charge >= 0.3 is 12.0 Å². The van der Waals surface area contributed by atoms with Gasteiger partial charge in [0.25, 0.3) is 0 Å². The lowest BCUT2D eigenvalue weighted by atomic mass is 10.3. The topological polar surface area (TPSA) is 60.9 Å². The minimum Gasteiger partial charge on any atom is -0.480 e. The first-order valence-electron chi connectivity index (χ1n) is 6.33. The highest BCUT2D eigenvalue weighted by molar-refractivity contribution is 7.07. The van der Waals surface area contributed by atoms with Crippen LogP contribution in [0.25, 0.3) is 0 Å². The van der Waals surface area contributed by atoms with Gasteiger partial charge in [0.2, 0.25) is 0 Å². The van der Waals surface area contributed by atoms with Crippen LogP contribution in [0.2, 0.25) is 0 Å². The number of thiophene rings is 1. The highest BCUT2D eigenvalue weighted by Gasteiger charge is 2.35. The first kappa shape index (κ1) is 14.4. The van der Waals surface area contributed by atoms with E-state index in [0.717, 1.165) is 18.4 Å². The van der Waals surface area contributed by atoms with E-state index in [4.69, 9.17) is 11.5 Å². The maximum atomic E-state index is 12.5.